The topological polar surface area (TPSA) is 67.8 Å². The van der Waals surface area contributed by atoms with Gasteiger partial charge in [0.1, 0.15) is 11.5 Å². The van der Waals surface area contributed by atoms with Crippen molar-refractivity contribution in [3.63, 3.8) is 0 Å². The van der Waals surface area contributed by atoms with Crippen LogP contribution in [0.1, 0.15) is 30.1 Å². The van der Waals surface area contributed by atoms with Gasteiger partial charge in [-0.25, -0.2) is 0 Å². The van der Waals surface area contributed by atoms with Crippen molar-refractivity contribution in [2.45, 2.75) is 25.9 Å². The van der Waals surface area contributed by atoms with Gasteiger partial charge in [-0.3, -0.25) is 4.79 Å². The average Bonchev–Trinajstić information content (AvgIpc) is 2.64. The molecule has 0 aromatic heterocycles. The Morgan fingerprint density at radius 1 is 1.08 bits per heavy atom. The summed E-state index contributed by atoms with van der Waals surface area (Å²) in [6.45, 7) is 2.69. The Hall–Kier alpha value is -2.53. The maximum absolute atomic E-state index is 11.8. The van der Waals surface area contributed by atoms with Crippen molar-refractivity contribution in [3.8, 4) is 11.5 Å². The van der Waals surface area contributed by atoms with Crippen LogP contribution < -0.4 is 14.8 Å². The highest BCUT2D eigenvalue weighted by molar-refractivity contribution is 5.75. The standard InChI is InChI=1S/C20H25NO4/c1-15-5-9-18(10-6-15)25-13-3-4-20(23)21-14-19(22)16-7-11-17(24-2)12-8-16/h5-12,19,22H,3-4,13-14H2,1-2H3,(H,21,23). The molecule has 0 bridgehead atoms. The number of aliphatic hydroxyl groups is 1. The fourth-order valence-corrected chi connectivity index (χ4v) is 2.30. The third-order valence-corrected chi connectivity index (χ3v) is 3.83. The Balaban J connectivity index is 1.63. The summed E-state index contributed by atoms with van der Waals surface area (Å²) in [5.74, 6) is 1.44. The summed E-state index contributed by atoms with van der Waals surface area (Å²) in [6.07, 6.45) is 0.248. The van der Waals surface area contributed by atoms with E-state index in [-0.39, 0.29) is 12.5 Å². The number of ether oxygens (including phenoxy) is 2. The van der Waals surface area contributed by atoms with Crippen molar-refractivity contribution in [1.82, 2.24) is 5.32 Å². The minimum absolute atomic E-state index is 0.0972. The molecule has 0 saturated heterocycles. The van der Waals surface area contributed by atoms with Crippen LogP contribution in [-0.2, 0) is 4.79 Å². The third kappa shape index (κ3) is 6.47. The normalized spacial score (nSPS) is 11.6. The second-order valence-electron chi connectivity index (χ2n) is 5.86. The van der Waals surface area contributed by atoms with Gasteiger partial charge in [-0.05, 0) is 43.2 Å². The zero-order chi connectivity index (χ0) is 18.1. The first-order valence-corrected chi connectivity index (χ1v) is 8.36. The van der Waals surface area contributed by atoms with Crippen LogP contribution in [0.4, 0.5) is 0 Å². The van der Waals surface area contributed by atoms with Gasteiger partial charge in [-0.1, -0.05) is 29.8 Å². The summed E-state index contributed by atoms with van der Waals surface area (Å²) in [4.78, 5) is 11.8. The summed E-state index contributed by atoms with van der Waals surface area (Å²) in [5.41, 5.74) is 1.92. The number of aryl methyl sites for hydroxylation is 1. The lowest BCUT2D eigenvalue weighted by molar-refractivity contribution is -0.121. The Labute approximate surface area is 148 Å². The highest BCUT2D eigenvalue weighted by atomic mass is 16.5. The number of carbonyl (C=O) groups excluding carboxylic acids is 1. The lowest BCUT2D eigenvalue weighted by Gasteiger charge is -2.13. The molecule has 2 rings (SSSR count). The zero-order valence-electron chi connectivity index (χ0n) is 14.7. The summed E-state index contributed by atoms with van der Waals surface area (Å²) in [6, 6.07) is 14.9. The number of rotatable bonds is 9. The molecule has 1 unspecified atom stereocenters. The van der Waals surface area contributed by atoms with Gasteiger partial charge < -0.3 is 19.9 Å². The molecule has 0 aliphatic heterocycles. The fourth-order valence-electron chi connectivity index (χ4n) is 2.30. The molecule has 5 heteroatoms. The van der Waals surface area contributed by atoms with Crippen LogP contribution in [0, 0.1) is 6.92 Å². The van der Waals surface area contributed by atoms with Crippen molar-refractivity contribution in [1.29, 1.82) is 0 Å². The number of hydrogen-bond acceptors (Lipinski definition) is 4. The molecule has 0 radical (unpaired) electrons. The molecule has 0 aliphatic rings. The SMILES string of the molecule is COc1ccc(C(O)CNC(=O)CCCOc2ccc(C)cc2)cc1. The Kier molecular flexibility index (Phi) is 7.29. The second kappa shape index (κ2) is 9.69. The monoisotopic (exact) mass is 343 g/mol. The maximum atomic E-state index is 11.8. The summed E-state index contributed by atoms with van der Waals surface area (Å²) < 4.78 is 10.7. The number of carbonyl (C=O) groups is 1. The van der Waals surface area contributed by atoms with E-state index in [1.54, 1.807) is 31.4 Å². The first-order chi connectivity index (χ1) is 12.1. The first-order valence-electron chi connectivity index (χ1n) is 8.36. The molecule has 0 fully saturated rings. The number of methoxy groups -OCH3 is 1. The van der Waals surface area contributed by atoms with Crippen molar-refractivity contribution >= 4 is 5.91 Å². The molecule has 2 aromatic carbocycles. The quantitative estimate of drug-likeness (QED) is 0.687. The molecule has 0 heterocycles. The lowest BCUT2D eigenvalue weighted by Crippen LogP contribution is -2.28. The molecule has 0 saturated carbocycles. The maximum Gasteiger partial charge on any atom is 0.220 e. The molecular formula is C20H25NO4. The highest BCUT2D eigenvalue weighted by Gasteiger charge is 2.09. The van der Waals surface area contributed by atoms with E-state index in [1.807, 2.05) is 31.2 Å². The van der Waals surface area contributed by atoms with E-state index < -0.39 is 6.10 Å². The van der Waals surface area contributed by atoms with Crippen molar-refractivity contribution in [2.75, 3.05) is 20.3 Å². The summed E-state index contributed by atoms with van der Waals surface area (Å²) in [7, 11) is 1.59. The van der Waals surface area contributed by atoms with E-state index in [4.69, 9.17) is 9.47 Å². The van der Waals surface area contributed by atoms with E-state index >= 15 is 0 Å². The molecule has 0 aliphatic carbocycles. The third-order valence-electron chi connectivity index (χ3n) is 3.83. The van der Waals surface area contributed by atoms with E-state index in [0.29, 0.717) is 19.4 Å². The molecule has 134 valence electrons. The van der Waals surface area contributed by atoms with Crippen LogP contribution in [0.15, 0.2) is 48.5 Å². The van der Waals surface area contributed by atoms with Crippen molar-refractivity contribution in [3.05, 3.63) is 59.7 Å². The second-order valence-corrected chi connectivity index (χ2v) is 5.86. The van der Waals surface area contributed by atoms with Crippen LogP contribution in [0.25, 0.3) is 0 Å². The molecular weight excluding hydrogens is 318 g/mol. The first kappa shape index (κ1) is 18.8. The molecule has 1 amide bonds. The van der Waals surface area contributed by atoms with Crippen LogP contribution in [0.2, 0.25) is 0 Å². The number of aliphatic hydroxyl groups excluding tert-OH is 1. The molecule has 0 spiro atoms. The Bertz CT molecular complexity index is 652. The molecule has 2 aromatic rings. The van der Waals surface area contributed by atoms with Gasteiger partial charge in [0, 0.05) is 13.0 Å². The predicted molar refractivity (Wildman–Crippen MR) is 96.9 cm³/mol. The van der Waals surface area contributed by atoms with Gasteiger partial charge in [0.05, 0.1) is 19.8 Å². The number of hydrogen-bond donors (Lipinski definition) is 2. The number of nitrogens with one attached hydrogen (secondary N) is 1. The van der Waals surface area contributed by atoms with Crippen molar-refractivity contribution in [2.24, 2.45) is 0 Å². The van der Waals surface area contributed by atoms with Crippen molar-refractivity contribution < 1.29 is 19.4 Å². The van der Waals surface area contributed by atoms with Gasteiger partial charge in [-0.15, -0.1) is 0 Å². The van der Waals surface area contributed by atoms with E-state index in [0.717, 1.165) is 17.1 Å². The van der Waals surface area contributed by atoms with Gasteiger partial charge in [0.2, 0.25) is 5.91 Å². The van der Waals surface area contributed by atoms with Crippen LogP contribution >= 0.6 is 0 Å². The zero-order valence-corrected chi connectivity index (χ0v) is 14.7. The highest BCUT2D eigenvalue weighted by Crippen LogP contribution is 2.17. The van der Waals surface area contributed by atoms with E-state index in [1.165, 1.54) is 5.56 Å². The predicted octanol–water partition coefficient (Wildman–Crippen LogP) is 3.01. The van der Waals surface area contributed by atoms with Crippen LogP contribution in [0.5, 0.6) is 11.5 Å². The Morgan fingerprint density at radius 2 is 1.72 bits per heavy atom. The van der Waals surface area contributed by atoms with E-state index in [2.05, 4.69) is 5.32 Å². The largest absolute Gasteiger partial charge is 0.497 e. The minimum Gasteiger partial charge on any atom is -0.497 e. The van der Waals surface area contributed by atoms with E-state index in [9.17, 15) is 9.90 Å². The number of amides is 1. The molecule has 1 atom stereocenters. The van der Waals surface area contributed by atoms with Gasteiger partial charge >= 0.3 is 0 Å². The summed E-state index contributed by atoms with van der Waals surface area (Å²) in [5, 5.41) is 12.8. The Morgan fingerprint density at radius 3 is 2.36 bits per heavy atom. The van der Waals surface area contributed by atoms with Crippen LogP contribution in [-0.4, -0.2) is 31.3 Å². The van der Waals surface area contributed by atoms with Gasteiger partial charge in [-0.2, -0.15) is 0 Å². The number of benzene rings is 2. The van der Waals surface area contributed by atoms with Gasteiger partial charge in [0.15, 0.2) is 0 Å². The molecule has 25 heavy (non-hydrogen) atoms. The fraction of sp³-hybridized carbons (Fsp3) is 0.350. The smallest absolute Gasteiger partial charge is 0.220 e. The van der Waals surface area contributed by atoms with Gasteiger partial charge in [0.25, 0.3) is 0 Å². The average molecular weight is 343 g/mol. The minimum atomic E-state index is -0.737. The molecule has 2 N–H and O–H groups in total. The van der Waals surface area contributed by atoms with Crippen LogP contribution in [0.3, 0.4) is 0 Å². The lowest BCUT2D eigenvalue weighted by atomic mass is 10.1. The summed E-state index contributed by atoms with van der Waals surface area (Å²) >= 11 is 0. The molecule has 5 nitrogen and oxygen atoms in total.